The fourth-order valence-corrected chi connectivity index (χ4v) is 2.98. The van der Waals surface area contributed by atoms with Gasteiger partial charge in [0.15, 0.2) is 10.9 Å². The molecule has 9 heteroatoms. The minimum atomic E-state index is -0.359. The van der Waals surface area contributed by atoms with Crippen molar-refractivity contribution in [2.45, 2.75) is 33.5 Å². The highest BCUT2D eigenvalue weighted by molar-refractivity contribution is 7.80. The zero-order valence-electron chi connectivity index (χ0n) is 15.0. The summed E-state index contributed by atoms with van der Waals surface area (Å²) >= 11 is 11.4. The maximum atomic E-state index is 13.1. The lowest BCUT2D eigenvalue weighted by molar-refractivity contribution is 0.624. The van der Waals surface area contributed by atoms with E-state index in [0.717, 1.165) is 23.4 Å². The number of nitrogens with one attached hydrogen (secondary N) is 2. The van der Waals surface area contributed by atoms with E-state index in [1.54, 1.807) is 16.9 Å². The summed E-state index contributed by atoms with van der Waals surface area (Å²) in [6, 6.07) is 6.13. The van der Waals surface area contributed by atoms with Crippen LogP contribution in [-0.2, 0) is 19.6 Å². The summed E-state index contributed by atoms with van der Waals surface area (Å²) < 4.78 is 16.7. The molecule has 3 rings (SSSR count). The molecule has 0 aliphatic carbocycles. The Morgan fingerprint density at radius 3 is 2.74 bits per heavy atom. The van der Waals surface area contributed by atoms with E-state index in [-0.39, 0.29) is 5.82 Å². The summed E-state index contributed by atoms with van der Waals surface area (Å²) in [6.45, 7) is 5.88. The van der Waals surface area contributed by atoms with Gasteiger partial charge in [0.2, 0.25) is 0 Å². The highest BCUT2D eigenvalue weighted by Gasteiger charge is 2.07. The average molecular weight is 407 g/mol. The summed E-state index contributed by atoms with van der Waals surface area (Å²) in [5, 5.41) is 15.9. The van der Waals surface area contributed by atoms with E-state index in [0.29, 0.717) is 29.0 Å². The lowest BCUT2D eigenvalue weighted by Gasteiger charge is -2.08. The van der Waals surface area contributed by atoms with Crippen LogP contribution in [-0.4, -0.2) is 24.7 Å². The number of hydrogen-bond donors (Lipinski definition) is 2. The Morgan fingerprint density at radius 2 is 2.04 bits per heavy atom. The van der Waals surface area contributed by atoms with Gasteiger partial charge in [0, 0.05) is 42.1 Å². The molecule has 142 valence electrons. The molecule has 2 heterocycles. The van der Waals surface area contributed by atoms with Crippen molar-refractivity contribution in [1.82, 2.24) is 24.9 Å². The van der Waals surface area contributed by atoms with Crippen molar-refractivity contribution in [3.8, 4) is 0 Å². The van der Waals surface area contributed by atoms with Gasteiger partial charge in [0.25, 0.3) is 0 Å². The van der Waals surface area contributed by atoms with Gasteiger partial charge in [0.05, 0.1) is 12.2 Å². The van der Waals surface area contributed by atoms with Crippen molar-refractivity contribution in [2.75, 3.05) is 5.32 Å². The first-order valence-corrected chi connectivity index (χ1v) is 9.28. The normalized spacial score (nSPS) is 10.8. The molecular formula is C18H20ClFN6S. The topological polar surface area (TPSA) is 59.7 Å². The molecule has 0 atom stereocenters. The molecule has 3 aromatic rings. The molecule has 0 spiro atoms. The van der Waals surface area contributed by atoms with Crippen LogP contribution in [0.1, 0.15) is 23.7 Å². The number of thiocarbonyl (C=S) groups is 1. The van der Waals surface area contributed by atoms with Gasteiger partial charge in [-0.3, -0.25) is 9.36 Å². The second kappa shape index (κ2) is 8.49. The Balaban J connectivity index is 1.55. The molecule has 0 fully saturated rings. The van der Waals surface area contributed by atoms with Crippen molar-refractivity contribution in [3.05, 3.63) is 64.3 Å². The number of aromatic nitrogens is 4. The quantitative estimate of drug-likeness (QED) is 0.611. The zero-order valence-corrected chi connectivity index (χ0v) is 16.6. The van der Waals surface area contributed by atoms with Crippen LogP contribution in [0.25, 0.3) is 0 Å². The Hall–Kier alpha value is -2.45. The van der Waals surface area contributed by atoms with Crippen LogP contribution in [0.15, 0.2) is 36.7 Å². The van der Waals surface area contributed by atoms with E-state index >= 15 is 0 Å². The second-order valence-corrected chi connectivity index (χ2v) is 6.85. The molecule has 0 bridgehead atoms. The molecule has 0 unspecified atom stereocenters. The summed E-state index contributed by atoms with van der Waals surface area (Å²) in [4.78, 5) is 0. The number of aryl methyl sites for hydroxylation is 2. The molecule has 0 aliphatic heterocycles. The van der Waals surface area contributed by atoms with E-state index in [1.165, 1.54) is 12.1 Å². The summed E-state index contributed by atoms with van der Waals surface area (Å²) in [7, 11) is 0. The lowest BCUT2D eigenvalue weighted by Crippen LogP contribution is -2.28. The van der Waals surface area contributed by atoms with E-state index in [9.17, 15) is 4.39 Å². The zero-order chi connectivity index (χ0) is 19.4. The third-order valence-corrected chi connectivity index (χ3v) is 4.64. The maximum Gasteiger partial charge on any atom is 0.172 e. The van der Waals surface area contributed by atoms with Crippen LogP contribution in [0.4, 0.5) is 10.2 Å². The third kappa shape index (κ3) is 5.05. The maximum absolute atomic E-state index is 13.1. The van der Waals surface area contributed by atoms with Gasteiger partial charge in [-0.15, -0.1) is 0 Å². The molecular weight excluding hydrogens is 387 g/mol. The van der Waals surface area contributed by atoms with Crippen LogP contribution in [0.2, 0.25) is 5.02 Å². The number of benzene rings is 1. The van der Waals surface area contributed by atoms with E-state index in [1.807, 2.05) is 30.8 Å². The fraction of sp³-hybridized carbons (Fsp3) is 0.278. The Kier molecular flexibility index (Phi) is 6.08. The fourth-order valence-electron chi connectivity index (χ4n) is 2.57. The number of nitrogens with zero attached hydrogens (tertiary/aromatic N) is 4. The summed E-state index contributed by atoms with van der Waals surface area (Å²) in [6.07, 6.45) is 3.81. The van der Waals surface area contributed by atoms with Crippen molar-refractivity contribution < 1.29 is 4.39 Å². The lowest BCUT2D eigenvalue weighted by atomic mass is 10.2. The van der Waals surface area contributed by atoms with Crippen molar-refractivity contribution in [3.63, 3.8) is 0 Å². The van der Waals surface area contributed by atoms with Crippen LogP contribution in [0, 0.1) is 12.7 Å². The van der Waals surface area contributed by atoms with Gasteiger partial charge in [-0.2, -0.15) is 10.2 Å². The smallest absolute Gasteiger partial charge is 0.172 e. The van der Waals surface area contributed by atoms with Crippen molar-refractivity contribution >= 4 is 34.7 Å². The van der Waals surface area contributed by atoms with Gasteiger partial charge in [-0.1, -0.05) is 17.7 Å². The van der Waals surface area contributed by atoms with E-state index in [4.69, 9.17) is 23.8 Å². The molecule has 27 heavy (non-hydrogen) atoms. The molecule has 2 N–H and O–H groups in total. The SMILES string of the molecule is CCn1cc(CNC(=S)Nc2ccn(Cc3ccc(F)cc3Cl)n2)c(C)n1. The van der Waals surface area contributed by atoms with Crippen molar-refractivity contribution in [1.29, 1.82) is 0 Å². The molecule has 0 amide bonds. The van der Waals surface area contributed by atoms with Gasteiger partial charge in [0.1, 0.15) is 5.82 Å². The third-order valence-electron chi connectivity index (χ3n) is 4.04. The van der Waals surface area contributed by atoms with E-state index < -0.39 is 0 Å². The standard InChI is InChI=1S/C18H20ClFN6S/c1-3-25-11-14(12(2)23-25)9-21-18(27)22-17-6-7-26(24-17)10-13-4-5-15(20)8-16(13)19/h4-8,11H,3,9-10H2,1-2H3,(H2,21,22,24,27). The van der Waals surface area contributed by atoms with E-state index in [2.05, 4.69) is 20.8 Å². The monoisotopic (exact) mass is 406 g/mol. The van der Waals surface area contributed by atoms with Crippen LogP contribution in [0.5, 0.6) is 0 Å². The van der Waals surface area contributed by atoms with Gasteiger partial charge in [-0.05, 0) is 43.8 Å². The number of anilines is 1. The summed E-state index contributed by atoms with van der Waals surface area (Å²) in [5.41, 5.74) is 2.86. The van der Waals surface area contributed by atoms with Crippen LogP contribution in [0.3, 0.4) is 0 Å². The largest absolute Gasteiger partial charge is 0.358 e. The van der Waals surface area contributed by atoms with Gasteiger partial charge < -0.3 is 10.6 Å². The molecule has 0 saturated carbocycles. The number of rotatable bonds is 6. The molecule has 1 aromatic carbocycles. The van der Waals surface area contributed by atoms with Crippen LogP contribution >= 0.6 is 23.8 Å². The van der Waals surface area contributed by atoms with Crippen molar-refractivity contribution in [2.24, 2.45) is 0 Å². The molecule has 0 saturated heterocycles. The molecule has 2 aromatic heterocycles. The first-order valence-electron chi connectivity index (χ1n) is 8.49. The van der Waals surface area contributed by atoms with Gasteiger partial charge in [-0.25, -0.2) is 4.39 Å². The predicted molar refractivity (Wildman–Crippen MR) is 108 cm³/mol. The molecule has 0 radical (unpaired) electrons. The van der Waals surface area contributed by atoms with Gasteiger partial charge >= 0.3 is 0 Å². The second-order valence-electron chi connectivity index (χ2n) is 6.04. The first-order chi connectivity index (χ1) is 12.9. The Bertz CT molecular complexity index is 951. The predicted octanol–water partition coefficient (Wildman–Crippen LogP) is 3.74. The Labute approximate surface area is 167 Å². The number of halogens is 2. The minimum Gasteiger partial charge on any atom is -0.358 e. The minimum absolute atomic E-state index is 0.359. The highest BCUT2D eigenvalue weighted by atomic mass is 35.5. The summed E-state index contributed by atoms with van der Waals surface area (Å²) in [5.74, 6) is 0.259. The molecule has 6 nitrogen and oxygen atoms in total. The average Bonchev–Trinajstić information content (AvgIpc) is 3.21. The highest BCUT2D eigenvalue weighted by Crippen LogP contribution is 2.18. The molecule has 0 aliphatic rings. The Morgan fingerprint density at radius 1 is 1.22 bits per heavy atom. The number of hydrogen-bond acceptors (Lipinski definition) is 3. The van der Waals surface area contributed by atoms with Crippen LogP contribution < -0.4 is 10.6 Å². The first kappa shape index (κ1) is 19.3.